The van der Waals surface area contributed by atoms with Crippen LogP contribution in [0.3, 0.4) is 0 Å². The van der Waals surface area contributed by atoms with Gasteiger partial charge in [0, 0.05) is 0 Å². The summed E-state index contributed by atoms with van der Waals surface area (Å²) in [5, 5.41) is 2.69. The van der Waals surface area contributed by atoms with Crippen molar-refractivity contribution in [2.45, 2.75) is 52.7 Å². The Balaban J connectivity index is 2.16. The van der Waals surface area contributed by atoms with Gasteiger partial charge in [0.15, 0.2) is 0 Å². The molecule has 7 heteroatoms. The molecular weight excluding hydrogens is 377 g/mol. The normalized spacial score (nSPS) is 15.1. The molecule has 0 radical (unpaired) electrons. The summed E-state index contributed by atoms with van der Waals surface area (Å²) in [4.78, 5) is 12.3. The standard InChI is InChI=1S/C21H28NO5P/c1-5-9-17(3)25-21(23)18(4)22-28(24,26-19-10-7-6-8-11-19)27-20-14-12-16(2)13-15-20/h6-8,10-15,17-18H,5,9H2,1-4H3,(H,22,24)/t17-,18-,28?/m0/s1. The Morgan fingerprint density at radius 3 is 2.14 bits per heavy atom. The summed E-state index contributed by atoms with van der Waals surface area (Å²) in [6, 6.07) is 14.9. The van der Waals surface area contributed by atoms with Gasteiger partial charge in [-0.05, 0) is 51.5 Å². The first-order valence-corrected chi connectivity index (χ1v) is 10.9. The highest BCUT2D eigenvalue weighted by Gasteiger charge is 2.34. The zero-order chi connectivity index (χ0) is 20.6. The number of carbonyl (C=O) groups excluding carboxylic acids is 1. The number of rotatable bonds is 10. The molecule has 0 aromatic heterocycles. The molecule has 0 bridgehead atoms. The van der Waals surface area contributed by atoms with Crippen molar-refractivity contribution in [2.75, 3.05) is 0 Å². The highest BCUT2D eigenvalue weighted by atomic mass is 31.2. The number of aryl methyl sites for hydroxylation is 1. The van der Waals surface area contributed by atoms with Crippen molar-refractivity contribution >= 4 is 13.7 Å². The van der Waals surface area contributed by atoms with Gasteiger partial charge in [-0.2, -0.15) is 5.09 Å². The number of hydrogen-bond donors (Lipinski definition) is 1. The average Bonchev–Trinajstić information content (AvgIpc) is 2.64. The average molecular weight is 405 g/mol. The predicted octanol–water partition coefficient (Wildman–Crippen LogP) is 5.27. The molecule has 152 valence electrons. The first-order valence-electron chi connectivity index (χ1n) is 9.40. The van der Waals surface area contributed by atoms with E-state index in [1.165, 1.54) is 0 Å². The van der Waals surface area contributed by atoms with E-state index in [1.54, 1.807) is 43.3 Å². The first kappa shape index (κ1) is 22.0. The van der Waals surface area contributed by atoms with Crippen molar-refractivity contribution in [3.05, 3.63) is 60.2 Å². The maximum Gasteiger partial charge on any atom is 0.513 e. The Hall–Kier alpha value is -2.30. The molecule has 0 aliphatic carbocycles. The lowest BCUT2D eigenvalue weighted by Gasteiger charge is -2.24. The minimum atomic E-state index is -3.90. The number of hydrogen-bond acceptors (Lipinski definition) is 5. The smallest absolute Gasteiger partial charge is 0.462 e. The predicted molar refractivity (Wildman–Crippen MR) is 110 cm³/mol. The number of ether oxygens (including phenoxy) is 1. The van der Waals surface area contributed by atoms with Crippen LogP contribution < -0.4 is 14.1 Å². The van der Waals surface area contributed by atoms with Gasteiger partial charge < -0.3 is 13.8 Å². The summed E-state index contributed by atoms with van der Waals surface area (Å²) in [5.74, 6) is 0.230. The van der Waals surface area contributed by atoms with Crippen LogP contribution in [-0.2, 0) is 14.1 Å². The zero-order valence-corrected chi connectivity index (χ0v) is 17.6. The van der Waals surface area contributed by atoms with Crippen molar-refractivity contribution in [2.24, 2.45) is 0 Å². The Morgan fingerprint density at radius 1 is 1.00 bits per heavy atom. The minimum Gasteiger partial charge on any atom is -0.462 e. The molecule has 2 aromatic carbocycles. The summed E-state index contributed by atoms with van der Waals surface area (Å²) >= 11 is 0. The molecule has 1 unspecified atom stereocenters. The lowest BCUT2D eigenvalue weighted by Crippen LogP contribution is -2.37. The second-order valence-corrected chi connectivity index (χ2v) is 8.31. The van der Waals surface area contributed by atoms with E-state index in [1.807, 2.05) is 39.0 Å². The zero-order valence-electron chi connectivity index (χ0n) is 16.8. The lowest BCUT2D eigenvalue weighted by molar-refractivity contribution is -0.150. The molecule has 3 atom stereocenters. The van der Waals surface area contributed by atoms with Crippen molar-refractivity contribution in [1.29, 1.82) is 0 Å². The molecule has 0 heterocycles. The molecular formula is C21H28NO5P. The quantitative estimate of drug-likeness (QED) is 0.429. The van der Waals surface area contributed by atoms with E-state index >= 15 is 0 Å². The van der Waals surface area contributed by atoms with Crippen molar-refractivity contribution in [1.82, 2.24) is 5.09 Å². The van der Waals surface area contributed by atoms with Crippen molar-refractivity contribution in [3.8, 4) is 11.5 Å². The van der Waals surface area contributed by atoms with Crippen molar-refractivity contribution < 1.29 is 23.1 Å². The van der Waals surface area contributed by atoms with Crippen LogP contribution in [0, 0.1) is 6.92 Å². The molecule has 0 amide bonds. The van der Waals surface area contributed by atoms with Gasteiger partial charge in [0.2, 0.25) is 0 Å². The van der Waals surface area contributed by atoms with E-state index in [0.29, 0.717) is 11.5 Å². The van der Waals surface area contributed by atoms with E-state index in [2.05, 4.69) is 5.09 Å². The maximum atomic E-state index is 13.4. The number of para-hydroxylation sites is 1. The van der Waals surface area contributed by atoms with Crippen molar-refractivity contribution in [3.63, 3.8) is 0 Å². The molecule has 0 aliphatic rings. The third-order valence-corrected chi connectivity index (χ3v) is 5.54. The molecule has 2 aromatic rings. The van der Waals surface area contributed by atoms with Crippen LogP contribution >= 0.6 is 7.75 Å². The van der Waals surface area contributed by atoms with E-state index in [0.717, 1.165) is 18.4 Å². The molecule has 6 nitrogen and oxygen atoms in total. The minimum absolute atomic E-state index is 0.214. The summed E-state index contributed by atoms with van der Waals surface area (Å²) in [6.45, 7) is 7.36. The van der Waals surface area contributed by atoms with Crippen LogP contribution in [0.25, 0.3) is 0 Å². The van der Waals surface area contributed by atoms with Crippen LogP contribution in [0.5, 0.6) is 11.5 Å². The second-order valence-electron chi connectivity index (χ2n) is 6.69. The van der Waals surface area contributed by atoms with Gasteiger partial charge in [-0.15, -0.1) is 0 Å². The van der Waals surface area contributed by atoms with Gasteiger partial charge in [0.1, 0.15) is 17.5 Å². The Morgan fingerprint density at radius 2 is 1.57 bits per heavy atom. The highest BCUT2D eigenvalue weighted by molar-refractivity contribution is 7.52. The molecule has 2 rings (SSSR count). The number of benzene rings is 2. The molecule has 0 aliphatic heterocycles. The third kappa shape index (κ3) is 7.02. The van der Waals surface area contributed by atoms with Gasteiger partial charge in [-0.3, -0.25) is 4.79 Å². The number of nitrogens with one attached hydrogen (secondary N) is 1. The fourth-order valence-electron chi connectivity index (χ4n) is 2.49. The molecule has 0 saturated heterocycles. The summed E-state index contributed by atoms with van der Waals surface area (Å²) < 4.78 is 30.1. The van der Waals surface area contributed by atoms with Gasteiger partial charge in [-0.25, -0.2) is 4.57 Å². The van der Waals surface area contributed by atoms with Crippen LogP contribution in [0.15, 0.2) is 54.6 Å². The van der Waals surface area contributed by atoms with Gasteiger partial charge in [-0.1, -0.05) is 49.2 Å². The van der Waals surface area contributed by atoms with Crippen LogP contribution in [0.4, 0.5) is 0 Å². The fraction of sp³-hybridized carbons (Fsp3) is 0.381. The van der Waals surface area contributed by atoms with E-state index in [-0.39, 0.29) is 6.10 Å². The van der Waals surface area contributed by atoms with Gasteiger partial charge >= 0.3 is 13.7 Å². The Kier molecular flexibility index (Phi) is 8.09. The molecule has 1 N–H and O–H groups in total. The molecule has 0 fully saturated rings. The van der Waals surface area contributed by atoms with E-state index in [9.17, 15) is 9.36 Å². The molecule has 0 spiro atoms. The topological polar surface area (TPSA) is 73.9 Å². The second kappa shape index (κ2) is 10.3. The SMILES string of the molecule is CCC[C@H](C)OC(=O)[C@H](C)NP(=O)(Oc1ccccc1)Oc1ccc(C)cc1. The summed E-state index contributed by atoms with van der Waals surface area (Å²) in [6.07, 6.45) is 1.45. The molecule has 28 heavy (non-hydrogen) atoms. The third-order valence-electron chi connectivity index (χ3n) is 3.93. The number of carbonyl (C=O) groups is 1. The van der Waals surface area contributed by atoms with Gasteiger partial charge in [0.25, 0.3) is 0 Å². The monoisotopic (exact) mass is 405 g/mol. The van der Waals surface area contributed by atoms with Crippen LogP contribution in [0.2, 0.25) is 0 Å². The van der Waals surface area contributed by atoms with E-state index < -0.39 is 19.8 Å². The lowest BCUT2D eigenvalue weighted by atomic mass is 10.2. The summed E-state index contributed by atoms with van der Waals surface area (Å²) in [5.41, 5.74) is 1.04. The first-order chi connectivity index (χ1) is 13.3. The highest BCUT2D eigenvalue weighted by Crippen LogP contribution is 2.45. The maximum absolute atomic E-state index is 13.4. The van der Waals surface area contributed by atoms with Gasteiger partial charge in [0.05, 0.1) is 6.10 Å². The van der Waals surface area contributed by atoms with Crippen LogP contribution in [-0.4, -0.2) is 18.1 Å². The van der Waals surface area contributed by atoms with Crippen LogP contribution in [0.1, 0.15) is 39.2 Å². The largest absolute Gasteiger partial charge is 0.513 e. The Bertz CT molecular complexity index is 794. The molecule has 0 saturated carbocycles. The Labute approximate surface area is 166 Å². The van der Waals surface area contributed by atoms with E-state index in [4.69, 9.17) is 13.8 Å². The fourth-order valence-corrected chi connectivity index (χ4v) is 4.01. The number of esters is 1. The summed E-state index contributed by atoms with van der Waals surface area (Å²) in [7, 11) is -3.90.